The van der Waals surface area contributed by atoms with Gasteiger partial charge in [0.15, 0.2) is 0 Å². The first kappa shape index (κ1) is 24.9. The van der Waals surface area contributed by atoms with E-state index in [-0.39, 0.29) is 13.0 Å². The molecule has 1 aliphatic heterocycles. The first-order valence-electron chi connectivity index (χ1n) is 10.8. The van der Waals surface area contributed by atoms with Gasteiger partial charge in [-0.25, -0.2) is 14.4 Å². The van der Waals surface area contributed by atoms with Crippen LogP contribution in [0.1, 0.15) is 53.6 Å². The lowest BCUT2D eigenvalue weighted by atomic mass is 10.1. The van der Waals surface area contributed by atoms with E-state index in [9.17, 15) is 22.8 Å². The number of ether oxygens (including phenoxy) is 1. The van der Waals surface area contributed by atoms with E-state index in [0.29, 0.717) is 39.1 Å². The number of imide groups is 1. The van der Waals surface area contributed by atoms with Crippen molar-refractivity contribution in [2.45, 2.75) is 45.4 Å². The second-order valence-corrected chi connectivity index (χ2v) is 10.0. The van der Waals surface area contributed by atoms with Crippen molar-refractivity contribution >= 4 is 27.9 Å². The topological polar surface area (TPSA) is 77.3 Å². The number of fused-ring (bicyclic) bond motifs is 1. The zero-order valence-electron chi connectivity index (χ0n) is 19.2. The number of carbonyl (C=O) groups excluding carboxylic acids is 2. The number of nitrogens with zero attached hydrogens (tertiary/aromatic N) is 4. The van der Waals surface area contributed by atoms with E-state index in [2.05, 4.69) is 26.0 Å². The van der Waals surface area contributed by atoms with Crippen molar-refractivity contribution in [3.8, 4) is 5.69 Å². The molecule has 0 unspecified atom stereocenters. The van der Waals surface area contributed by atoms with Gasteiger partial charge >= 0.3 is 12.3 Å². The summed E-state index contributed by atoms with van der Waals surface area (Å²) in [6.45, 7) is 5.31. The van der Waals surface area contributed by atoms with E-state index < -0.39 is 29.3 Å². The number of carbonyl (C=O) groups is 2. The van der Waals surface area contributed by atoms with Gasteiger partial charge in [-0.1, -0.05) is 15.9 Å². The van der Waals surface area contributed by atoms with Crippen molar-refractivity contribution in [2.75, 3.05) is 6.54 Å². The van der Waals surface area contributed by atoms with Gasteiger partial charge in [0.2, 0.25) is 0 Å². The number of benzene rings is 1. The molecule has 2 amide bonds. The number of hydrogen-bond donors (Lipinski definition) is 0. The molecule has 35 heavy (non-hydrogen) atoms. The van der Waals surface area contributed by atoms with Gasteiger partial charge < -0.3 is 4.74 Å². The molecule has 3 aromatic rings. The molecule has 184 valence electrons. The summed E-state index contributed by atoms with van der Waals surface area (Å²) in [7, 11) is 0. The Bertz CT molecular complexity index is 1300. The Balaban J connectivity index is 1.59. The molecule has 2 aromatic heterocycles. The van der Waals surface area contributed by atoms with Gasteiger partial charge in [0.05, 0.1) is 28.7 Å². The van der Waals surface area contributed by atoms with Crippen LogP contribution in [0.5, 0.6) is 0 Å². The van der Waals surface area contributed by atoms with E-state index in [1.807, 2.05) is 0 Å². The van der Waals surface area contributed by atoms with Crippen LogP contribution in [0.3, 0.4) is 0 Å². The highest BCUT2D eigenvalue weighted by Crippen LogP contribution is 2.32. The monoisotopic (exact) mass is 550 g/mol. The standard InChI is InChI=1S/C24H22BrF3N4O3/c1-23(2,3)35-22(34)31-7-5-20-19(21(31)33)13-30-32(20)18-4-6-29-17(12-18)10-14-8-15(24(26,27)28)11-16(25)9-14/h4,6,8-9,11-13H,5,7,10H2,1-3H3. The molecule has 0 saturated heterocycles. The molecule has 0 fully saturated rings. The predicted octanol–water partition coefficient (Wildman–Crippen LogP) is 5.57. The minimum Gasteiger partial charge on any atom is -0.443 e. The van der Waals surface area contributed by atoms with Crippen LogP contribution < -0.4 is 0 Å². The van der Waals surface area contributed by atoms with Gasteiger partial charge in [-0.3, -0.25) is 9.78 Å². The maximum Gasteiger partial charge on any atom is 0.417 e. The highest BCUT2D eigenvalue weighted by atomic mass is 79.9. The van der Waals surface area contributed by atoms with Gasteiger partial charge in [0.1, 0.15) is 5.60 Å². The number of aromatic nitrogens is 3. The molecular weight excluding hydrogens is 529 g/mol. The summed E-state index contributed by atoms with van der Waals surface area (Å²) in [5.41, 5.74) is 1.05. The Morgan fingerprint density at radius 3 is 2.60 bits per heavy atom. The number of rotatable bonds is 3. The molecule has 7 nitrogen and oxygen atoms in total. The number of amides is 2. The molecule has 1 aromatic carbocycles. The third-order valence-electron chi connectivity index (χ3n) is 5.25. The predicted molar refractivity (Wildman–Crippen MR) is 124 cm³/mol. The first-order chi connectivity index (χ1) is 16.3. The summed E-state index contributed by atoms with van der Waals surface area (Å²) in [5, 5.41) is 4.33. The lowest BCUT2D eigenvalue weighted by molar-refractivity contribution is -0.137. The van der Waals surface area contributed by atoms with Crippen molar-refractivity contribution in [3.05, 3.63) is 75.3 Å². The van der Waals surface area contributed by atoms with Gasteiger partial charge in [0.25, 0.3) is 5.91 Å². The summed E-state index contributed by atoms with van der Waals surface area (Å²) >= 11 is 3.14. The van der Waals surface area contributed by atoms with Crippen molar-refractivity contribution in [1.29, 1.82) is 0 Å². The van der Waals surface area contributed by atoms with E-state index in [1.165, 1.54) is 6.20 Å². The van der Waals surface area contributed by atoms with Gasteiger partial charge in [-0.2, -0.15) is 18.3 Å². The molecule has 0 saturated carbocycles. The molecule has 0 radical (unpaired) electrons. The Morgan fingerprint density at radius 1 is 1.17 bits per heavy atom. The molecule has 0 bridgehead atoms. The minimum absolute atomic E-state index is 0.142. The fourth-order valence-corrected chi connectivity index (χ4v) is 4.33. The van der Waals surface area contributed by atoms with E-state index >= 15 is 0 Å². The average molecular weight is 551 g/mol. The third kappa shape index (κ3) is 5.55. The Morgan fingerprint density at radius 2 is 1.91 bits per heavy atom. The number of alkyl halides is 3. The Kier molecular flexibility index (Phi) is 6.48. The number of halogens is 4. The SMILES string of the molecule is CC(C)(C)OC(=O)N1CCc2c(cnn2-c2ccnc(Cc3cc(Br)cc(C(F)(F)F)c3)c2)C1=O. The molecule has 0 atom stereocenters. The second kappa shape index (κ2) is 9.10. The molecule has 4 rings (SSSR count). The summed E-state index contributed by atoms with van der Waals surface area (Å²) < 4.78 is 46.8. The van der Waals surface area contributed by atoms with Crippen LogP contribution in [0.25, 0.3) is 5.69 Å². The largest absolute Gasteiger partial charge is 0.443 e. The van der Waals surface area contributed by atoms with E-state index in [1.54, 1.807) is 49.8 Å². The average Bonchev–Trinajstić information content (AvgIpc) is 3.17. The summed E-state index contributed by atoms with van der Waals surface area (Å²) in [6, 6.07) is 7.15. The summed E-state index contributed by atoms with van der Waals surface area (Å²) in [5.74, 6) is -0.491. The summed E-state index contributed by atoms with van der Waals surface area (Å²) in [6.07, 6.45) is -1.68. The molecular formula is C24H22BrF3N4O3. The highest BCUT2D eigenvalue weighted by Gasteiger charge is 2.35. The van der Waals surface area contributed by atoms with Crippen LogP contribution >= 0.6 is 15.9 Å². The van der Waals surface area contributed by atoms with E-state index in [4.69, 9.17) is 4.74 Å². The Labute approximate surface area is 208 Å². The van der Waals surface area contributed by atoms with Crippen molar-refractivity contribution in [2.24, 2.45) is 0 Å². The fraction of sp³-hybridized carbons (Fsp3) is 0.333. The van der Waals surface area contributed by atoms with Crippen LogP contribution in [0.2, 0.25) is 0 Å². The molecule has 0 N–H and O–H groups in total. The lowest BCUT2D eigenvalue weighted by Gasteiger charge is -2.28. The Hall–Kier alpha value is -3.21. The maximum atomic E-state index is 13.2. The van der Waals surface area contributed by atoms with Crippen molar-refractivity contribution in [3.63, 3.8) is 0 Å². The van der Waals surface area contributed by atoms with Crippen LogP contribution in [-0.4, -0.2) is 43.8 Å². The number of hydrogen-bond acceptors (Lipinski definition) is 5. The third-order valence-corrected chi connectivity index (χ3v) is 5.70. The lowest BCUT2D eigenvalue weighted by Crippen LogP contribution is -2.44. The molecule has 1 aliphatic rings. The smallest absolute Gasteiger partial charge is 0.417 e. The summed E-state index contributed by atoms with van der Waals surface area (Å²) in [4.78, 5) is 30.7. The second-order valence-electron chi connectivity index (χ2n) is 9.13. The molecule has 0 aliphatic carbocycles. The van der Waals surface area contributed by atoms with Crippen molar-refractivity contribution in [1.82, 2.24) is 19.7 Å². The molecule has 0 spiro atoms. The zero-order chi connectivity index (χ0) is 25.5. The van der Waals surface area contributed by atoms with Gasteiger partial charge in [0, 0.05) is 35.7 Å². The normalized spacial score (nSPS) is 14.1. The molecule has 11 heteroatoms. The maximum absolute atomic E-state index is 13.2. The van der Waals surface area contributed by atoms with Crippen LogP contribution in [0, 0.1) is 0 Å². The van der Waals surface area contributed by atoms with Crippen LogP contribution in [0.4, 0.5) is 18.0 Å². The quantitative estimate of drug-likeness (QED) is 0.426. The minimum atomic E-state index is -4.46. The van der Waals surface area contributed by atoms with Crippen LogP contribution in [0.15, 0.2) is 47.2 Å². The van der Waals surface area contributed by atoms with Gasteiger partial charge in [-0.05, 0) is 56.7 Å². The molecule has 3 heterocycles. The zero-order valence-corrected chi connectivity index (χ0v) is 20.8. The first-order valence-corrected chi connectivity index (χ1v) is 11.5. The fourth-order valence-electron chi connectivity index (χ4n) is 3.79. The van der Waals surface area contributed by atoms with Crippen molar-refractivity contribution < 1.29 is 27.5 Å². The van der Waals surface area contributed by atoms with Crippen LogP contribution in [-0.2, 0) is 23.8 Å². The van der Waals surface area contributed by atoms with Gasteiger partial charge in [-0.15, -0.1) is 0 Å². The number of pyridine rings is 1. The van der Waals surface area contributed by atoms with E-state index in [0.717, 1.165) is 17.0 Å². The highest BCUT2D eigenvalue weighted by molar-refractivity contribution is 9.10.